The Balaban J connectivity index is 4.07. The zero-order valence-electron chi connectivity index (χ0n) is 13.1. The SMILES string of the molecule is CSCC[C@H](N[Se]C(=O)CNC(=O)[C@@H](N)CC(C)C)C(=O)O. The van der Waals surface area contributed by atoms with Gasteiger partial charge in [-0.15, -0.1) is 0 Å². The zero-order chi connectivity index (χ0) is 17.1. The van der Waals surface area contributed by atoms with Gasteiger partial charge in [0.2, 0.25) is 0 Å². The van der Waals surface area contributed by atoms with Crippen molar-refractivity contribution < 1.29 is 19.5 Å². The van der Waals surface area contributed by atoms with Gasteiger partial charge >= 0.3 is 142 Å². The van der Waals surface area contributed by atoms with Crippen LogP contribution in [-0.2, 0) is 14.4 Å². The summed E-state index contributed by atoms with van der Waals surface area (Å²) in [4.78, 5) is 34.4. The van der Waals surface area contributed by atoms with Crippen LogP contribution in [0.25, 0.3) is 0 Å². The molecule has 22 heavy (non-hydrogen) atoms. The summed E-state index contributed by atoms with van der Waals surface area (Å²) in [5.74, 6) is -0.313. The molecule has 0 aromatic carbocycles. The fourth-order valence-electron chi connectivity index (χ4n) is 1.55. The average Bonchev–Trinajstić information content (AvgIpc) is 2.43. The summed E-state index contributed by atoms with van der Waals surface area (Å²) in [5.41, 5.74) is 5.71. The van der Waals surface area contributed by atoms with Gasteiger partial charge in [-0.05, 0) is 0 Å². The number of thioether (sulfide) groups is 1. The van der Waals surface area contributed by atoms with Crippen molar-refractivity contribution in [2.24, 2.45) is 11.7 Å². The first-order valence-electron chi connectivity index (χ1n) is 6.98. The number of hydrogen-bond acceptors (Lipinski definition) is 6. The van der Waals surface area contributed by atoms with Gasteiger partial charge in [-0.1, -0.05) is 0 Å². The van der Waals surface area contributed by atoms with Crippen molar-refractivity contribution in [1.82, 2.24) is 9.65 Å². The maximum absolute atomic E-state index is 11.7. The number of rotatable bonds is 12. The summed E-state index contributed by atoms with van der Waals surface area (Å²) in [5, 5.41) is 11.5. The zero-order valence-corrected chi connectivity index (χ0v) is 15.7. The molecule has 0 fully saturated rings. The fourth-order valence-corrected chi connectivity index (χ4v) is 3.35. The molecule has 0 aliphatic rings. The van der Waals surface area contributed by atoms with E-state index in [0.717, 1.165) is 0 Å². The van der Waals surface area contributed by atoms with Gasteiger partial charge in [-0.2, -0.15) is 0 Å². The molecular formula is C13H25N3O4SSe. The molecule has 0 bridgehead atoms. The second-order valence-electron chi connectivity index (χ2n) is 5.22. The molecular weight excluding hydrogens is 373 g/mol. The van der Waals surface area contributed by atoms with Crippen molar-refractivity contribution in [1.29, 1.82) is 0 Å². The van der Waals surface area contributed by atoms with Crippen molar-refractivity contribution in [2.45, 2.75) is 38.8 Å². The number of nitrogens with one attached hydrogen (secondary N) is 2. The topological polar surface area (TPSA) is 122 Å². The predicted molar refractivity (Wildman–Crippen MR) is 88.8 cm³/mol. The summed E-state index contributed by atoms with van der Waals surface area (Å²) in [6.07, 6.45) is 2.90. The van der Waals surface area contributed by atoms with Crippen LogP contribution in [0, 0.1) is 5.92 Å². The Labute approximate surface area is 141 Å². The molecule has 0 aromatic rings. The van der Waals surface area contributed by atoms with Crippen LogP contribution in [0.1, 0.15) is 26.7 Å². The molecule has 0 unspecified atom stereocenters. The molecule has 0 aromatic heterocycles. The van der Waals surface area contributed by atoms with E-state index in [-0.39, 0.29) is 17.1 Å². The number of carboxylic acid groups (broad SMARTS) is 1. The van der Waals surface area contributed by atoms with E-state index in [1.54, 1.807) is 11.8 Å². The van der Waals surface area contributed by atoms with E-state index in [1.165, 1.54) is 0 Å². The second-order valence-corrected chi connectivity index (χ2v) is 8.08. The van der Waals surface area contributed by atoms with Crippen LogP contribution in [0.5, 0.6) is 0 Å². The second kappa shape index (κ2) is 11.9. The average molecular weight is 398 g/mol. The summed E-state index contributed by atoms with van der Waals surface area (Å²) in [7, 11) is 0. The summed E-state index contributed by atoms with van der Waals surface area (Å²) in [6, 6.07) is -1.35. The van der Waals surface area contributed by atoms with Gasteiger partial charge in [0.15, 0.2) is 0 Å². The van der Waals surface area contributed by atoms with E-state index in [0.29, 0.717) is 24.5 Å². The Morgan fingerprint density at radius 2 is 1.95 bits per heavy atom. The van der Waals surface area contributed by atoms with Gasteiger partial charge in [0.05, 0.1) is 0 Å². The first-order chi connectivity index (χ1) is 10.3. The van der Waals surface area contributed by atoms with Gasteiger partial charge in [0.25, 0.3) is 0 Å². The number of aliphatic carboxylic acids is 1. The molecule has 5 N–H and O–H groups in total. The van der Waals surface area contributed by atoms with Crippen molar-refractivity contribution >= 4 is 43.5 Å². The number of carbonyl (C=O) groups excluding carboxylic acids is 2. The molecule has 0 spiro atoms. The monoisotopic (exact) mass is 399 g/mol. The Kier molecular flexibility index (Phi) is 11.6. The molecule has 1 amide bonds. The fraction of sp³-hybridized carbons (Fsp3) is 0.769. The Morgan fingerprint density at radius 3 is 2.45 bits per heavy atom. The molecule has 128 valence electrons. The summed E-state index contributed by atoms with van der Waals surface area (Å²) < 4.78 is 2.54. The third kappa shape index (κ3) is 10.2. The number of hydrogen-bond donors (Lipinski definition) is 4. The molecule has 7 nitrogen and oxygen atoms in total. The van der Waals surface area contributed by atoms with Gasteiger partial charge in [-0.3, -0.25) is 0 Å². The van der Waals surface area contributed by atoms with E-state index in [9.17, 15) is 14.4 Å². The van der Waals surface area contributed by atoms with Crippen LogP contribution in [-0.4, -0.2) is 67.5 Å². The molecule has 2 atom stereocenters. The molecule has 0 rings (SSSR count). The van der Waals surface area contributed by atoms with Gasteiger partial charge < -0.3 is 0 Å². The first-order valence-corrected chi connectivity index (χ1v) is 10.1. The summed E-state index contributed by atoms with van der Waals surface area (Å²) >= 11 is 0.868. The normalized spacial score (nSPS) is 13.7. The third-order valence-corrected chi connectivity index (χ3v) is 4.96. The molecule has 0 saturated heterocycles. The third-order valence-electron chi connectivity index (χ3n) is 2.69. The van der Waals surface area contributed by atoms with Gasteiger partial charge in [-0.25, -0.2) is 0 Å². The first kappa shape index (κ1) is 21.4. The van der Waals surface area contributed by atoms with E-state index >= 15 is 0 Å². The number of carboxylic acids is 1. The molecule has 0 heterocycles. The minimum absolute atomic E-state index is 0.119. The molecule has 0 saturated carbocycles. The quantitative estimate of drug-likeness (QED) is 0.325. The Morgan fingerprint density at radius 1 is 1.32 bits per heavy atom. The number of carbonyl (C=O) groups is 3. The van der Waals surface area contributed by atoms with Crippen LogP contribution >= 0.6 is 11.8 Å². The molecule has 0 aliphatic carbocycles. The number of nitrogens with two attached hydrogens (primary N) is 1. The van der Waals surface area contributed by atoms with Crippen molar-refractivity contribution in [3.8, 4) is 0 Å². The molecule has 0 aliphatic heterocycles. The van der Waals surface area contributed by atoms with E-state index < -0.39 is 33.2 Å². The van der Waals surface area contributed by atoms with E-state index in [1.807, 2.05) is 20.1 Å². The van der Waals surface area contributed by atoms with E-state index in [4.69, 9.17) is 10.8 Å². The van der Waals surface area contributed by atoms with Crippen molar-refractivity contribution in [2.75, 3.05) is 18.6 Å². The van der Waals surface area contributed by atoms with E-state index in [2.05, 4.69) is 9.65 Å². The van der Waals surface area contributed by atoms with Gasteiger partial charge in [0.1, 0.15) is 0 Å². The Hall–Kier alpha value is -0.601. The maximum atomic E-state index is 11.7. The Bertz CT molecular complexity index is 382. The van der Waals surface area contributed by atoms with Crippen molar-refractivity contribution in [3.63, 3.8) is 0 Å². The molecule has 9 heteroatoms. The van der Waals surface area contributed by atoms with Crippen LogP contribution < -0.4 is 15.4 Å². The van der Waals surface area contributed by atoms with Crippen LogP contribution in [0.3, 0.4) is 0 Å². The van der Waals surface area contributed by atoms with Gasteiger partial charge in [0, 0.05) is 0 Å². The standard InChI is InChI=1S/C13H25N3O4SSe/c1-8(2)6-9(14)12(18)15-7-11(17)22-16-10(13(19)20)4-5-21-3/h8-10,16H,4-7,14H2,1-3H3,(H,15,18)(H,19,20)/t9-,10-/m0/s1. The predicted octanol–water partition coefficient (Wildman–Crippen LogP) is -0.582. The summed E-state index contributed by atoms with van der Waals surface area (Å²) in [6.45, 7) is 3.81. The molecule has 0 radical (unpaired) electrons. The number of amides is 1. The van der Waals surface area contributed by atoms with Crippen molar-refractivity contribution in [3.05, 3.63) is 0 Å². The van der Waals surface area contributed by atoms with Crippen LogP contribution in [0.15, 0.2) is 0 Å². The van der Waals surface area contributed by atoms with Crippen LogP contribution in [0.4, 0.5) is 0 Å². The minimum atomic E-state index is -0.966. The van der Waals surface area contributed by atoms with Crippen LogP contribution in [0.2, 0.25) is 0 Å².